The standard InChI is InChI=1S/C12H18F3N3OS/c13-12(14,15)8-19-7-5-11-18-17-10(20-11)2-1-6-16-9-3-4-9/h9,16H,1-8H2. The van der Waals surface area contributed by atoms with Crippen LogP contribution in [0.25, 0.3) is 0 Å². The van der Waals surface area contributed by atoms with Crippen molar-refractivity contribution in [2.75, 3.05) is 19.8 Å². The van der Waals surface area contributed by atoms with E-state index in [4.69, 9.17) is 0 Å². The number of halogens is 3. The van der Waals surface area contributed by atoms with Crippen molar-refractivity contribution < 1.29 is 17.9 Å². The maximum absolute atomic E-state index is 11.9. The van der Waals surface area contributed by atoms with E-state index < -0.39 is 12.8 Å². The molecule has 20 heavy (non-hydrogen) atoms. The molecule has 1 saturated carbocycles. The second kappa shape index (κ2) is 7.33. The normalized spacial score (nSPS) is 15.8. The Morgan fingerprint density at radius 3 is 2.55 bits per heavy atom. The van der Waals surface area contributed by atoms with E-state index in [1.54, 1.807) is 0 Å². The Balaban J connectivity index is 1.56. The lowest BCUT2D eigenvalue weighted by Crippen LogP contribution is -2.17. The third kappa shape index (κ3) is 6.62. The fraction of sp³-hybridized carbons (Fsp3) is 0.833. The van der Waals surface area contributed by atoms with Gasteiger partial charge in [-0.2, -0.15) is 13.2 Å². The minimum Gasteiger partial charge on any atom is -0.372 e. The summed E-state index contributed by atoms with van der Waals surface area (Å²) in [6.45, 7) is -0.197. The molecule has 0 amide bonds. The van der Waals surface area contributed by atoms with Crippen molar-refractivity contribution >= 4 is 11.3 Å². The lowest BCUT2D eigenvalue weighted by atomic mass is 10.3. The van der Waals surface area contributed by atoms with Gasteiger partial charge in [-0.05, 0) is 25.8 Å². The van der Waals surface area contributed by atoms with Gasteiger partial charge in [-0.15, -0.1) is 21.5 Å². The van der Waals surface area contributed by atoms with E-state index in [2.05, 4.69) is 20.3 Å². The second-order valence-electron chi connectivity index (χ2n) is 4.84. The van der Waals surface area contributed by atoms with Crippen molar-refractivity contribution in [2.24, 2.45) is 0 Å². The molecule has 114 valence electrons. The first-order valence-electron chi connectivity index (χ1n) is 6.72. The van der Waals surface area contributed by atoms with Crippen molar-refractivity contribution in [1.82, 2.24) is 15.5 Å². The monoisotopic (exact) mass is 309 g/mol. The maximum Gasteiger partial charge on any atom is 0.411 e. The first kappa shape index (κ1) is 15.7. The summed E-state index contributed by atoms with van der Waals surface area (Å²) in [7, 11) is 0. The van der Waals surface area contributed by atoms with Gasteiger partial charge in [0.2, 0.25) is 0 Å². The Morgan fingerprint density at radius 1 is 1.20 bits per heavy atom. The minimum absolute atomic E-state index is 0.0252. The van der Waals surface area contributed by atoms with Crippen LogP contribution in [0.3, 0.4) is 0 Å². The molecule has 0 saturated heterocycles. The molecular weight excluding hydrogens is 291 g/mol. The molecule has 0 bridgehead atoms. The van der Waals surface area contributed by atoms with Crippen LogP contribution < -0.4 is 5.32 Å². The molecule has 0 unspecified atom stereocenters. The summed E-state index contributed by atoms with van der Waals surface area (Å²) >= 11 is 1.45. The van der Waals surface area contributed by atoms with Crippen molar-refractivity contribution in [2.45, 2.75) is 44.3 Å². The molecule has 1 heterocycles. The summed E-state index contributed by atoms with van der Waals surface area (Å²) in [5.41, 5.74) is 0. The molecule has 1 aromatic heterocycles. The number of ether oxygens (including phenoxy) is 1. The maximum atomic E-state index is 11.9. The molecule has 1 N–H and O–H groups in total. The van der Waals surface area contributed by atoms with Crippen LogP contribution in [-0.2, 0) is 17.6 Å². The van der Waals surface area contributed by atoms with Gasteiger partial charge in [-0.25, -0.2) is 0 Å². The minimum atomic E-state index is -4.26. The number of nitrogens with zero attached hydrogens (tertiary/aromatic N) is 2. The fourth-order valence-corrected chi connectivity index (χ4v) is 2.54. The molecule has 0 aromatic carbocycles. The number of alkyl halides is 3. The lowest BCUT2D eigenvalue weighted by molar-refractivity contribution is -0.173. The number of rotatable bonds is 9. The third-order valence-corrected chi connectivity index (χ3v) is 3.86. The summed E-state index contributed by atoms with van der Waals surface area (Å²) in [5, 5.41) is 13.1. The van der Waals surface area contributed by atoms with Gasteiger partial charge >= 0.3 is 6.18 Å². The molecule has 2 rings (SSSR count). The molecule has 1 aliphatic rings. The zero-order chi connectivity index (χ0) is 14.4. The highest BCUT2D eigenvalue weighted by Gasteiger charge is 2.27. The van der Waals surface area contributed by atoms with Crippen LogP contribution in [0, 0.1) is 0 Å². The quantitative estimate of drug-likeness (QED) is 0.711. The van der Waals surface area contributed by atoms with Crippen LogP contribution in [-0.4, -0.2) is 42.2 Å². The van der Waals surface area contributed by atoms with Gasteiger partial charge in [-0.3, -0.25) is 0 Å². The van der Waals surface area contributed by atoms with Crippen LogP contribution in [0.2, 0.25) is 0 Å². The average Bonchev–Trinajstić information content (AvgIpc) is 3.08. The van der Waals surface area contributed by atoms with Gasteiger partial charge in [0.1, 0.15) is 16.6 Å². The summed E-state index contributed by atoms with van der Waals surface area (Å²) in [6.07, 6.45) is 0.549. The van der Waals surface area contributed by atoms with Crippen molar-refractivity contribution in [1.29, 1.82) is 0 Å². The summed E-state index contributed by atoms with van der Waals surface area (Å²) in [6, 6.07) is 0.714. The molecule has 0 radical (unpaired) electrons. The Labute approximate surface area is 119 Å². The van der Waals surface area contributed by atoms with E-state index in [0.29, 0.717) is 12.5 Å². The van der Waals surface area contributed by atoms with Crippen molar-refractivity contribution in [3.05, 3.63) is 10.0 Å². The van der Waals surface area contributed by atoms with Gasteiger partial charge in [0.25, 0.3) is 0 Å². The molecule has 8 heteroatoms. The van der Waals surface area contributed by atoms with Gasteiger partial charge in [0, 0.05) is 18.9 Å². The summed E-state index contributed by atoms with van der Waals surface area (Å²) in [5.74, 6) is 0. The predicted octanol–water partition coefficient (Wildman–Crippen LogP) is 2.34. The summed E-state index contributed by atoms with van der Waals surface area (Å²) < 4.78 is 40.1. The highest BCUT2D eigenvalue weighted by molar-refractivity contribution is 7.11. The van der Waals surface area contributed by atoms with Crippen molar-refractivity contribution in [3.8, 4) is 0 Å². The molecule has 1 aliphatic carbocycles. The summed E-state index contributed by atoms with van der Waals surface area (Å²) in [4.78, 5) is 0. The Hall–Kier alpha value is -0.730. The third-order valence-electron chi connectivity index (χ3n) is 2.81. The van der Waals surface area contributed by atoms with Crippen LogP contribution >= 0.6 is 11.3 Å². The predicted molar refractivity (Wildman–Crippen MR) is 69.8 cm³/mol. The molecule has 1 aromatic rings. The van der Waals surface area contributed by atoms with Crippen LogP contribution in [0.5, 0.6) is 0 Å². The molecule has 4 nitrogen and oxygen atoms in total. The topological polar surface area (TPSA) is 47.0 Å². The Kier molecular flexibility index (Phi) is 5.74. The fourth-order valence-electron chi connectivity index (χ4n) is 1.67. The number of hydrogen-bond donors (Lipinski definition) is 1. The van der Waals surface area contributed by atoms with E-state index in [0.717, 1.165) is 29.4 Å². The average molecular weight is 309 g/mol. The van der Waals surface area contributed by atoms with E-state index >= 15 is 0 Å². The zero-order valence-electron chi connectivity index (χ0n) is 11.1. The Bertz CT molecular complexity index is 407. The van der Waals surface area contributed by atoms with Gasteiger partial charge < -0.3 is 10.1 Å². The molecule has 1 fully saturated rings. The largest absolute Gasteiger partial charge is 0.411 e. The van der Waals surface area contributed by atoms with E-state index in [-0.39, 0.29) is 6.61 Å². The number of aryl methyl sites for hydroxylation is 1. The first-order valence-corrected chi connectivity index (χ1v) is 7.54. The smallest absolute Gasteiger partial charge is 0.372 e. The van der Waals surface area contributed by atoms with Gasteiger partial charge in [0.05, 0.1) is 6.61 Å². The molecule has 0 spiro atoms. The molecule has 0 atom stereocenters. The number of nitrogens with one attached hydrogen (secondary N) is 1. The van der Waals surface area contributed by atoms with E-state index in [9.17, 15) is 13.2 Å². The molecular formula is C12H18F3N3OS. The Morgan fingerprint density at radius 2 is 1.90 bits per heavy atom. The van der Waals surface area contributed by atoms with E-state index in [1.807, 2.05) is 0 Å². The lowest BCUT2D eigenvalue weighted by Gasteiger charge is -2.05. The van der Waals surface area contributed by atoms with Crippen LogP contribution in [0.1, 0.15) is 29.3 Å². The van der Waals surface area contributed by atoms with Crippen molar-refractivity contribution in [3.63, 3.8) is 0 Å². The highest BCUT2D eigenvalue weighted by Crippen LogP contribution is 2.19. The van der Waals surface area contributed by atoms with Crippen LogP contribution in [0.15, 0.2) is 0 Å². The van der Waals surface area contributed by atoms with Gasteiger partial charge in [-0.1, -0.05) is 0 Å². The first-order chi connectivity index (χ1) is 9.53. The van der Waals surface area contributed by atoms with Gasteiger partial charge in [0.15, 0.2) is 0 Å². The number of aromatic nitrogens is 2. The second-order valence-corrected chi connectivity index (χ2v) is 5.99. The van der Waals surface area contributed by atoms with Crippen LogP contribution in [0.4, 0.5) is 13.2 Å². The molecule has 0 aliphatic heterocycles. The number of hydrogen-bond acceptors (Lipinski definition) is 5. The zero-order valence-corrected chi connectivity index (χ0v) is 11.9. The SMILES string of the molecule is FC(F)(F)COCCc1nnc(CCCNC2CC2)s1. The highest BCUT2D eigenvalue weighted by atomic mass is 32.1. The van der Waals surface area contributed by atoms with E-state index in [1.165, 1.54) is 24.2 Å².